The second kappa shape index (κ2) is 10.1. The second-order valence-corrected chi connectivity index (χ2v) is 6.52. The number of pyridine rings is 1. The molecule has 0 unspecified atom stereocenters. The first-order valence-corrected chi connectivity index (χ1v) is 9.39. The van der Waals surface area contributed by atoms with E-state index in [1.54, 1.807) is 37.7 Å². The highest BCUT2D eigenvalue weighted by molar-refractivity contribution is 5.92. The van der Waals surface area contributed by atoms with Gasteiger partial charge in [0.05, 0.1) is 24.7 Å². The van der Waals surface area contributed by atoms with Crippen LogP contribution in [0.25, 0.3) is 0 Å². The summed E-state index contributed by atoms with van der Waals surface area (Å²) in [6.45, 7) is 2.79. The molecular weight excluding hydrogens is 370 g/mol. The van der Waals surface area contributed by atoms with Gasteiger partial charge in [-0.25, -0.2) is 4.98 Å². The molecule has 0 aliphatic carbocycles. The third-order valence-corrected chi connectivity index (χ3v) is 4.25. The molecule has 3 aromatic rings. The lowest BCUT2D eigenvalue weighted by atomic mass is 10.2. The lowest BCUT2D eigenvalue weighted by Gasteiger charge is -2.21. The summed E-state index contributed by atoms with van der Waals surface area (Å²) in [4.78, 5) is 39.1. The summed E-state index contributed by atoms with van der Waals surface area (Å²) in [6, 6.07) is 9.22. The number of aryl methyl sites for hydroxylation is 1. The van der Waals surface area contributed by atoms with Crippen molar-refractivity contribution >= 4 is 11.8 Å². The van der Waals surface area contributed by atoms with E-state index >= 15 is 0 Å². The maximum atomic E-state index is 12.8. The van der Waals surface area contributed by atoms with Crippen molar-refractivity contribution in [2.45, 2.75) is 26.3 Å². The molecule has 0 aliphatic heterocycles. The zero-order chi connectivity index (χ0) is 20.5. The van der Waals surface area contributed by atoms with E-state index in [9.17, 15) is 9.59 Å². The Morgan fingerprint density at radius 1 is 1.10 bits per heavy atom. The van der Waals surface area contributed by atoms with Crippen LogP contribution in [-0.4, -0.2) is 44.8 Å². The molecule has 0 fully saturated rings. The van der Waals surface area contributed by atoms with Gasteiger partial charge in [0.1, 0.15) is 11.5 Å². The molecule has 29 heavy (non-hydrogen) atoms. The van der Waals surface area contributed by atoms with Crippen LogP contribution in [0.1, 0.15) is 34.1 Å². The highest BCUT2D eigenvalue weighted by atomic mass is 16.3. The molecule has 0 aliphatic rings. The van der Waals surface area contributed by atoms with Crippen LogP contribution in [0.4, 0.5) is 0 Å². The summed E-state index contributed by atoms with van der Waals surface area (Å²) in [7, 11) is 0. The Balaban J connectivity index is 1.55. The molecule has 8 heteroatoms. The van der Waals surface area contributed by atoms with Gasteiger partial charge in [0.25, 0.3) is 5.91 Å². The largest absolute Gasteiger partial charge is 0.467 e. The molecule has 1 N–H and O–H groups in total. The van der Waals surface area contributed by atoms with E-state index in [0.29, 0.717) is 18.7 Å². The van der Waals surface area contributed by atoms with E-state index in [1.807, 2.05) is 18.2 Å². The first-order valence-electron chi connectivity index (χ1n) is 9.39. The van der Waals surface area contributed by atoms with Gasteiger partial charge in [0.2, 0.25) is 5.91 Å². The van der Waals surface area contributed by atoms with Crippen molar-refractivity contribution in [3.63, 3.8) is 0 Å². The molecule has 8 nitrogen and oxygen atoms in total. The number of nitrogens with one attached hydrogen (secondary N) is 1. The molecule has 0 saturated carbocycles. The number of aromatic nitrogens is 3. The summed E-state index contributed by atoms with van der Waals surface area (Å²) in [5.74, 6) is 0.206. The number of nitrogens with zero attached hydrogens (tertiary/aromatic N) is 4. The molecule has 0 bridgehead atoms. The van der Waals surface area contributed by atoms with Crippen molar-refractivity contribution in [1.82, 2.24) is 25.2 Å². The Kier molecular flexibility index (Phi) is 7.05. The Morgan fingerprint density at radius 2 is 2.00 bits per heavy atom. The van der Waals surface area contributed by atoms with E-state index in [-0.39, 0.29) is 37.0 Å². The summed E-state index contributed by atoms with van der Waals surface area (Å²) in [5, 5.41) is 2.86. The third-order valence-electron chi connectivity index (χ3n) is 4.25. The normalized spacial score (nSPS) is 10.5. The van der Waals surface area contributed by atoms with E-state index in [0.717, 1.165) is 11.4 Å². The predicted molar refractivity (Wildman–Crippen MR) is 106 cm³/mol. The van der Waals surface area contributed by atoms with Crippen molar-refractivity contribution in [2.75, 3.05) is 13.1 Å². The van der Waals surface area contributed by atoms with Crippen LogP contribution in [0.3, 0.4) is 0 Å². The smallest absolute Gasteiger partial charge is 0.274 e. The van der Waals surface area contributed by atoms with E-state index in [1.165, 1.54) is 11.1 Å². The average Bonchev–Trinajstić information content (AvgIpc) is 3.25. The Morgan fingerprint density at radius 3 is 2.69 bits per heavy atom. The molecule has 3 rings (SSSR count). The fourth-order valence-corrected chi connectivity index (χ4v) is 2.71. The second-order valence-electron chi connectivity index (χ2n) is 6.52. The number of amides is 2. The number of carbonyl (C=O) groups is 2. The maximum absolute atomic E-state index is 12.8. The molecule has 0 atom stereocenters. The van der Waals surface area contributed by atoms with Gasteiger partial charge in [-0.05, 0) is 31.2 Å². The maximum Gasteiger partial charge on any atom is 0.274 e. The van der Waals surface area contributed by atoms with Crippen LogP contribution in [0.15, 0.2) is 59.6 Å². The number of furan rings is 1. The van der Waals surface area contributed by atoms with Gasteiger partial charge >= 0.3 is 0 Å². The van der Waals surface area contributed by atoms with Crippen LogP contribution in [-0.2, 0) is 17.8 Å². The first-order chi connectivity index (χ1) is 14.1. The van der Waals surface area contributed by atoms with Crippen LogP contribution in [0, 0.1) is 6.92 Å². The average molecular weight is 393 g/mol. The van der Waals surface area contributed by atoms with Gasteiger partial charge in [-0.3, -0.25) is 19.6 Å². The standard InChI is InChI=1S/C21H23N5O3/c1-16-13-25-19(14-24-16)21(28)26(15-18-6-4-12-29-18)11-8-20(27)23-10-7-17-5-2-3-9-22-17/h2-6,9,12-14H,7-8,10-11,15H2,1H3,(H,23,27). The lowest BCUT2D eigenvalue weighted by molar-refractivity contribution is -0.121. The summed E-state index contributed by atoms with van der Waals surface area (Å²) in [6.07, 6.45) is 7.09. The SMILES string of the molecule is Cc1cnc(C(=O)N(CCC(=O)NCCc2ccccn2)Cc2ccco2)cn1. The number of hydrogen-bond donors (Lipinski definition) is 1. The van der Waals surface area contributed by atoms with Gasteiger partial charge < -0.3 is 14.6 Å². The van der Waals surface area contributed by atoms with Crippen molar-refractivity contribution in [2.24, 2.45) is 0 Å². The number of rotatable bonds is 9. The molecule has 2 amide bonds. The summed E-state index contributed by atoms with van der Waals surface area (Å²) >= 11 is 0. The van der Waals surface area contributed by atoms with Crippen LogP contribution >= 0.6 is 0 Å². The minimum absolute atomic E-state index is 0.131. The van der Waals surface area contributed by atoms with Crippen molar-refractivity contribution < 1.29 is 14.0 Å². The van der Waals surface area contributed by atoms with Crippen LogP contribution in [0.2, 0.25) is 0 Å². The van der Waals surface area contributed by atoms with Gasteiger partial charge in [-0.15, -0.1) is 0 Å². The third kappa shape index (κ3) is 6.24. The predicted octanol–water partition coefficient (Wildman–Crippen LogP) is 2.16. The van der Waals surface area contributed by atoms with Gasteiger partial charge in [-0.1, -0.05) is 6.07 Å². The van der Waals surface area contributed by atoms with Crippen molar-refractivity contribution in [3.8, 4) is 0 Å². The monoisotopic (exact) mass is 393 g/mol. The highest BCUT2D eigenvalue weighted by Gasteiger charge is 2.20. The Bertz CT molecular complexity index is 911. The zero-order valence-corrected chi connectivity index (χ0v) is 16.2. The summed E-state index contributed by atoms with van der Waals surface area (Å²) < 4.78 is 5.35. The van der Waals surface area contributed by atoms with E-state index < -0.39 is 0 Å². The summed E-state index contributed by atoms with van der Waals surface area (Å²) in [5.41, 5.74) is 1.88. The molecule has 150 valence electrons. The van der Waals surface area contributed by atoms with Crippen LogP contribution < -0.4 is 5.32 Å². The van der Waals surface area contributed by atoms with E-state index in [2.05, 4.69) is 20.3 Å². The number of carbonyl (C=O) groups excluding carboxylic acids is 2. The van der Waals surface area contributed by atoms with Gasteiger partial charge in [-0.2, -0.15) is 0 Å². The molecule has 0 spiro atoms. The zero-order valence-electron chi connectivity index (χ0n) is 16.2. The van der Waals surface area contributed by atoms with E-state index in [4.69, 9.17) is 4.42 Å². The minimum atomic E-state index is -0.296. The quantitative estimate of drug-likeness (QED) is 0.598. The van der Waals surface area contributed by atoms with Gasteiger partial charge in [0.15, 0.2) is 0 Å². The Hall–Kier alpha value is -3.55. The van der Waals surface area contributed by atoms with Gasteiger partial charge in [0, 0.05) is 44.0 Å². The molecular formula is C21H23N5O3. The Labute approximate surface area is 169 Å². The fraction of sp³-hybridized carbons (Fsp3) is 0.286. The molecule has 3 aromatic heterocycles. The highest BCUT2D eigenvalue weighted by Crippen LogP contribution is 2.10. The molecule has 3 heterocycles. The molecule has 0 saturated heterocycles. The first kappa shape index (κ1) is 20.2. The minimum Gasteiger partial charge on any atom is -0.467 e. The van der Waals surface area contributed by atoms with Crippen LogP contribution in [0.5, 0.6) is 0 Å². The number of hydrogen-bond acceptors (Lipinski definition) is 6. The molecule has 0 aromatic carbocycles. The molecule has 0 radical (unpaired) electrons. The topological polar surface area (TPSA) is 101 Å². The lowest BCUT2D eigenvalue weighted by Crippen LogP contribution is -2.35. The van der Waals surface area contributed by atoms with Crippen molar-refractivity contribution in [1.29, 1.82) is 0 Å². The van der Waals surface area contributed by atoms with Crippen molar-refractivity contribution in [3.05, 3.63) is 78.0 Å². The fourth-order valence-electron chi connectivity index (χ4n) is 2.71.